The number of aromatic nitrogens is 1. The summed E-state index contributed by atoms with van der Waals surface area (Å²) in [5.74, 6) is -1.26. The van der Waals surface area contributed by atoms with Crippen LogP contribution in [0.25, 0.3) is 0 Å². The lowest BCUT2D eigenvalue weighted by molar-refractivity contribution is -0.0553. The molecule has 2 heterocycles. The smallest absolute Gasteiger partial charge is 0.168 e. The van der Waals surface area contributed by atoms with Gasteiger partial charge >= 0.3 is 0 Å². The lowest BCUT2D eigenvalue weighted by atomic mass is 9.94. The van der Waals surface area contributed by atoms with Gasteiger partial charge < -0.3 is 15.4 Å². The van der Waals surface area contributed by atoms with Crippen molar-refractivity contribution in [3.8, 4) is 0 Å². The summed E-state index contributed by atoms with van der Waals surface area (Å²) in [7, 11) is 1.55. The van der Waals surface area contributed by atoms with Crippen LogP contribution in [0.3, 0.4) is 0 Å². The lowest BCUT2D eigenvalue weighted by Gasteiger charge is -2.36. The highest BCUT2D eigenvalue weighted by atomic mass is 19.1. The topological polar surface area (TPSA) is 46.2 Å². The first kappa shape index (κ1) is 14.0. The van der Waals surface area contributed by atoms with Gasteiger partial charge in [-0.05, 0) is 26.7 Å². The highest BCUT2D eigenvalue weighted by Gasteiger charge is 2.29. The molecule has 1 aliphatic rings. The maximum Gasteiger partial charge on any atom is 0.168 e. The third-order valence-corrected chi connectivity index (χ3v) is 3.20. The number of pyridine rings is 1. The molecule has 0 radical (unpaired) electrons. The first-order valence-electron chi connectivity index (χ1n) is 6.35. The van der Waals surface area contributed by atoms with Crippen LogP contribution in [0.4, 0.5) is 20.4 Å². The second-order valence-electron chi connectivity index (χ2n) is 5.34. The predicted octanol–water partition coefficient (Wildman–Crippen LogP) is 2.77. The van der Waals surface area contributed by atoms with E-state index in [2.05, 4.69) is 15.6 Å². The van der Waals surface area contributed by atoms with Gasteiger partial charge in [0.1, 0.15) is 0 Å². The quantitative estimate of drug-likeness (QED) is 0.887. The van der Waals surface area contributed by atoms with Crippen LogP contribution in [0.2, 0.25) is 0 Å². The minimum Gasteiger partial charge on any atom is -0.375 e. The predicted molar refractivity (Wildman–Crippen MR) is 70.4 cm³/mol. The molecule has 2 rings (SSSR count). The van der Waals surface area contributed by atoms with E-state index < -0.39 is 11.6 Å². The second-order valence-corrected chi connectivity index (χ2v) is 5.34. The van der Waals surface area contributed by atoms with Crippen molar-refractivity contribution in [2.24, 2.45) is 0 Å². The molecular weight excluding hydrogens is 252 g/mol. The maximum absolute atomic E-state index is 13.7. The van der Waals surface area contributed by atoms with E-state index in [4.69, 9.17) is 4.74 Å². The van der Waals surface area contributed by atoms with Crippen LogP contribution in [-0.2, 0) is 4.74 Å². The summed E-state index contributed by atoms with van der Waals surface area (Å²) in [6.07, 6.45) is 1.52. The van der Waals surface area contributed by atoms with E-state index in [9.17, 15) is 8.78 Å². The molecule has 1 unspecified atom stereocenters. The summed E-state index contributed by atoms with van der Waals surface area (Å²) in [4.78, 5) is 3.92. The number of hydrogen-bond donors (Lipinski definition) is 2. The van der Waals surface area contributed by atoms with E-state index in [1.807, 2.05) is 13.8 Å². The number of halogens is 2. The van der Waals surface area contributed by atoms with Crippen LogP contribution < -0.4 is 10.6 Å². The van der Waals surface area contributed by atoms with Crippen molar-refractivity contribution in [2.45, 2.75) is 38.3 Å². The summed E-state index contributed by atoms with van der Waals surface area (Å²) in [6.45, 7) is 4.61. The Kier molecular flexibility index (Phi) is 3.89. The number of anilines is 2. The van der Waals surface area contributed by atoms with Crippen LogP contribution in [0, 0.1) is 11.6 Å². The van der Waals surface area contributed by atoms with Crippen LogP contribution in [0.1, 0.15) is 26.7 Å². The molecule has 4 nitrogen and oxygen atoms in total. The van der Waals surface area contributed by atoms with Gasteiger partial charge in [0.25, 0.3) is 0 Å². The Morgan fingerprint density at radius 3 is 2.63 bits per heavy atom. The highest BCUT2D eigenvalue weighted by molar-refractivity contribution is 5.47. The Morgan fingerprint density at radius 2 is 2.00 bits per heavy atom. The Hall–Kier alpha value is -1.43. The normalized spacial score (nSPS) is 22.1. The third-order valence-electron chi connectivity index (χ3n) is 3.20. The molecule has 1 saturated heterocycles. The van der Waals surface area contributed by atoms with Gasteiger partial charge in [-0.25, -0.2) is 13.8 Å². The molecule has 0 aliphatic carbocycles. The summed E-state index contributed by atoms with van der Waals surface area (Å²) < 4.78 is 32.6. The minimum atomic E-state index is -0.696. The average Bonchev–Trinajstić information content (AvgIpc) is 2.31. The first-order chi connectivity index (χ1) is 8.91. The second kappa shape index (κ2) is 5.28. The van der Waals surface area contributed by atoms with E-state index in [0.717, 1.165) is 18.9 Å². The zero-order valence-corrected chi connectivity index (χ0v) is 11.4. The van der Waals surface area contributed by atoms with Crippen LogP contribution in [0.5, 0.6) is 0 Å². The standard InChI is InChI=1S/C13H19F2N3O/c1-13(2)7-8(4-5-19-13)17-12-10(15)6-9(14)11(16-3)18-12/h6,8H,4-5,7H2,1-3H3,(H2,16,17,18). The molecule has 2 N–H and O–H groups in total. The monoisotopic (exact) mass is 271 g/mol. The summed E-state index contributed by atoms with van der Waals surface area (Å²) in [6, 6.07) is 0.909. The van der Waals surface area contributed by atoms with Gasteiger partial charge in [0.15, 0.2) is 23.3 Å². The zero-order chi connectivity index (χ0) is 14.0. The molecule has 1 aliphatic heterocycles. The van der Waals surface area contributed by atoms with Crippen molar-refractivity contribution < 1.29 is 13.5 Å². The van der Waals surface area contributed by atoms with Crippen molar-refractivity contribution in [1.29, 1.82) is 0 Å². The molecule has 0 bridgehead atoms. The van der Waals surface area contributed by atoms with Crippen LogP contribution >= 0.6 is 0 Å². The fourth-order valence-electron chi connectivity index (χ4n) is 2.29. The van der Waals surface area contributed by atoms with Gasteiger partial charge in [-0.1, -0.05) is 0 Å². The van der Waals surface area contributed by atoms with Crippen LogP contribution in [0.15, 0.2) is 6.07 Å². The van der Waals surface area contributed by atoms with E-state index >= 15 is 0 Å². The third kappa shape index (κ3) is 3.32. The Balaban J connectivity index is 2.14. The van der Waals surface area contributed by atoms with Crippen molar-refractivity contribution in [3.63, 3.8) is 0 Å². The molecule has 0 saturated carbocycles. The molecule has 0 amide bonds. The minimum absolute atomic E-state index is 0.0372. The van der Waals surface area contributed by atoms with E-state index in [1.165, 1.54) is 0 Å². The molecule has 1 aromatic heterocycles. The van der Waals surface area contributed by atoms with E-state index in [1.54, 1.807) is 7.05 Å². The molecular formula is C13H19F2N3O. The largest absolute Gasteiger partial charge is 0.375 e. The summed E-state index contributed by atoms with van der Waals surface area (Å²) in [5, 5.41) is 5.63. The lowest BCUT2D eigenvalue weighted by Crippen LogP contribution is -2.40. The Bertz CT molecular complexity index is 465. The SMILES string of the molecule is CNc1nc(NC2CCOC(C)(C)C2)c(F)cc1F. The molecule has 1 atom stereocenters. The average molecular weight is 271 g/mol. The Morgan fingerprint density at radius 1 is 1.32 bits per heavy atom. The number of ether oxygens (including phenoxy) is 1. The Labute approximate surface area is 111 Å². The molecule has 0 aromatic carbocycles. The fourth-order valence-corrected chi connectivity index (χ4v) is 2.29. The van der Waals surface area contributed by atoms with Gasteiger partial charge in [0.2, 0.25) is 0 Å². The number of nitrogens with zero attached hydrogens (tertiary/aromatic N) is 1. The van der Waals surface area contributed by atoms with Crippen LogP contribution in [-0.4, -0.2) is 30.3 Å². The van der Waals surface area contributed by atoms with E-state index in [0.29, 0.717) is 6.61 Å². The van der Waals surface area contributed by atoms with Crippen molar-refractivity contribution >= 4 is 11.6 Å². The number of nitrogens with one attached hydrogen (secondary N) is 2. The molecule has 1 aromatic rings. The molecule has 6 heteroatoms. The molecule has 106 valence electrons. The first-order valence-corrected chi connectivity index (χ1v) is 6.35. The summed E-state index contributed by atoms with van der Waals surface area (Å²) >= 11 is 0. The molecule has 19 heavy (non-hydrogen) atoms. The highest BCUT2D eigenvalue weighted by Crippen LogP contribution is 2.27. The maximum atomic E-state index is 13.7. The summed E-state index contributed by atoms with van der Waals surface area (Å²) in [5.41, 5.74) is -0.238. The molecule has 1 fully saturated rings. The van der Waals surface area contributed by atoms with Crippen molar-refractivity contribution in [3.05, 3.63) is 17.7 Å². The molecule has 0 spiro atoms. The number of rotatable bonds is 3. The van der Waals surface area contributed by atoms with Gasteiger partial charge in [0, 0.05) is 25.8 Å². The van der Waals surface area contributed by atoms with Gasteiger partial charge in [-0.15, -0.1) is 0 Å². The van der Waals surface area contributed by atoms with Gasteiger partial charge in [0.05, 0.1) is 5.60 Å². The zero-order valence-electron chi connectivity index (χ0n) is 11.4. The fraction of sp³-hybridized carbons (Fsp3) is 0.615. The van der Waals surface area contributed by atoms with Gasteiger partial charge in [-0.2, -0.15) is 0 Å². The van der Waals surface area contributed by atoms with E-state index in [-0.39, 0.29) is 23.3 Å². The number of hydrogen-bond acceptors (Lipinski definition) is 4. The van der Waals surface area contributed by atoms with Crippen molar-refractivity contribution in [1.82, 2.24) is 4.98 Å². The van der Waals surface area contributed by atoms with Gasteiger partial charge in [-0.3, -0.25) is 0 Å². The van der Waals surface area contributed by atoms with Crippen molar-refractivity contribution in [2.75, 3.05) is 24.3 Å².